The Morgan fingerprint density at radius 2 is 1.63 bits per heavy atom. The van der Waals surface area contributed by atoms with Crippen molar-refractivity contribution in [2.24, 2.45) is 0 Å². The van der Waals surface area contributed by atoms with Gasteiger partial charge in [-0.15, -0.1) is 11.8 Å². The van der Waals surface area contributed by atoms with Crippen LogP contribution in [-0.4, -0.2) is 42.8 Å². The van der Waals surface area contributed by atoms with Crippen LogP contribution in [0.2, 0.25) is 0 Å². The Bertz CT molecular complexity index is 752. The molecule has 0 saturated carbocycles. The number of rotatable bonds is 6. The Labute approximate surface area is 186 Å². The van der Waals surface area contributed by atoms with E-state index in [0.29, 0.717) is 0 Å². The zero-order valence-electron chi connectivity index (χ0n) is 20.3. The molecule has 1 atom stereocenters. The Morgan fingerprint density at radius 1 is 1.07 bits per heavy atom. The fraction of sp³-hybridized carbons (Fsp3) is 0.667. The van der Waals surface area contributed by atoms with Crippen molar-refractivity contribution < 1.29 is 19.1 Å². The van der Waals surface area contributed by atoms with Crippen LogP contribution in [0.3, 0.4) is 0 Å². The number of amides is 1. The third kappa shape index (κ3) is 7.31. The molecule has 1 aliphatic rings. The third-order valence-electron chi connectivity index (χ3n) is 5.21. The second kappa shape index (κ2) is 9.73. The topological polar surface area (TPSA) is 64.6 Å². The van der Waals surface area contributed by atoms with Gasteiger partial charge >= 0.3 is 0 Å². The lowest BCUT2D eigenvalue weighted by Gasteiger charge is -2.44. The Morgan fingerprint density at radius 3 is 2.07 bits per heavy atom. The van der Waals surface area contributed by atoms with E-state index in [0.717, 1.165) is 36.2 Å². The molecule has 1 unspecified atom stereocenters. The van der Waals surface area contributed by atoms with E-state index in [9.17, 15) is 9.59 Å². The number of thioether (sulfide) groups is 1. The van der Waals surface area contributed by atoms with Gasteiger partial charge in [0, 0.05) is 12.6 Å². The van der Waals surface area contributed by atoms with Gasteiger partial charge in [0.2, 0.25) is 6.41 Å². The fourth-order valence-corrected chi connectivity index (χ4v) is 4.76. The number of aldehydes is 1. The van der Waals surface area contributed by atoms with Crippen LogP contribution in [0.25, 0.3) is 0 Å². The maximum absolute atomic E-state index is 11.3. The van der Waals surface area contributed by atoms with Gasteiger partial charge in [0.05, 0.1) is 22.4 Å². The molecular weight excluding hydrogens is 398 g/mol. The number of benzene rings is 1. The van der Waals surface area contributed by atoms with Gasteiger partial charge in [-0.25, -0.2) is 0 Å². The largest absolute Gasteiger partial charge is 0.496 e. The molecular formula is C24H39NO4S. The molecule has 170 valence electrons. The van der Waals surface area contributed by atoms with Crippen LogP contribution < -0.4 is 10.1 Å². The zero-order chi connectivity index (χ0) is 23.4. The highest BCUT2D eigenvalue weighted by Crippen LogP contribution is 2.47. The van der Waals surface area contributed by atoms with Gasteiger partial charge in [0.25, 0.3) is 0 Å². The lowest BCUT2D eigenvalue weighted by molar-refractivity contribution is -0.111. The van der Waals surface area contributed by atoms with E-state index in [1.807, 2.05) is 34.6 Å². The van der Waals surface area contributed by atoms with Crippen LogP contribution in [0.1, 0.15) is 72.9 Å². The number of nitrogens with one attached hydrogen (secondary N) is 1. The van der Waals surface area contributed by atoms with E-state index in [-0.39, 0.29) is 16.6 Å². The smallest absolute Gasteiger partial charge is 0.207 e. The second-order valence-corrected chi connectivity index (χ2v) is 12.1. The molecule has 6 heteroatoms. The van der Waals surface area contributed by atoms with Crippen LogP contribution in [0.5, 0.6) is 5.75 Å². The number of fused-ring (bicyclic) bond motifs is 1. The molecule has 1 amide bonds. The lowest BCUT2D eigenvalue weighted by Crippen LogP contribution is -2.51. The van der Waals surface area contributed by atoms with Gasteiger partial charge in [0.1, 0.15) is 12.0 Å². The standard InChI is InChI=1S/C19H27NO3S.C5H12O/c1-17(2)10-19(5,20-12-22)9-13-7-15(23-6)16(8-14(13)17)24-18(3,4)11-21;1-5(2,3)6-4/h7-8,11-12H,9-10H2,1-6H3,(H,20,22);1-4H3. The Balaban J connectivity index is 0.000000656. The van der Waals surface area contributed by atoms with Gasteiger partial charge in [-0.2, -0.15) is 0 Å². The Kier molecular flexibility index (Phi) is 8.60. The minimum absolute atomic E-state index is 0.0417. The molecule has 0 saturated heterocycles. The molecule has 1 aromatic carbocycles. The molecule has 0 spiro atoms. The summed E-state index contributed by atoms with van der Waals surface area (Å²) in [6, 6.07) is 4.22. The van der Waals surface area contributed by atoms with Crippen molar-refractivity contribution in [2.45, 2.75) is 94.4 Å². The highest BCUT2D eigenvalue weighted by atomic mass is 32.2. The molecule has 1 N–H and O–H groups in total. The van der Waals surface area contributed by atoms with Gasteiger partial charge in [-0.1, -0.05) is 13.8 Å². The zero-order valence-corrected chi connectivity index (χ0v) is 21.1. The first-order valence-electron chi connectivity index (χ1n) is 10.3. The van der Waals surface area contributed by atoms with Gasteiger partial charge < -0.3 is 19.6 Å². The number of hydrogen-bond donors (Lipinski definition) is 1. The number of ether oxygens (including phenoxy) is 2. The quantitative estimate of drug-likeness (QED) is 0.505. The van der Waals surface area contributed by atoms with Crippen molar-refractivity contribution in [3.63, 3.8) is 0 Å². The van der Waals surface area contributed by atoms with Crippen LogP contribution in [0.4, 0.5) is 0 Å². The summed E-state index contributed by atoms with van der Waals surface area (Å²) in [5.74, 6) is 0.778. The van der Waals surface area contributed by atoms with Crippen LogP contribution >= 0.6 is 11.8 Å². The first-order valence-corrected chi connectivity index (χ1v) is 11.1. The van der Waals surface area contributed by atoms with E-state index in [4.69, 9.17) is 9.47 Å². The van der Waals surface area contributed by atoms with E-state index in [2.05, 4.69) is 38.2 Å². The van der Waals surface area contributed by atoms with Crippen molar-refractivity contribution >= 4 is 24.5 Å². The van der Waals surface area contributed by atoms with Gasteiger partial charge in [-0.05, 0) is 83.1 Å². The second-order valence-electron chi connectivity index (χ2n) is 10.4. The number of carbonyl (C=O) groups is 2. The van der Waals surface area contributed by atoms with Crippen LogP contribution in [-0.2, 0) is 26.2 Å². The molecule has 0 aromatic heterocycles. The molecule has 0 bridgehead atoms. The summed E-state index contributed by atoms with van der Waals surface area (Å²) < 4.78 is 10.0. The van der Waals surface area contributed by atoms with Gasteiger partial charge in [-0.3, -0.25) is 4.79 Å². The molecule has 0 heterocycles. The highest BCUT2D eigenvalue weighted by molar-refractivity contribution is 8.01. The lowest BCUT2D eigenvalue weighted by atomic mass is 9.65. The minimum atomic E-state index is -0.506. The molecule has 0 aliphatic heterocycles. The van der Waals surface area contributed by atoms with Crippen molar-refractivity contribution in [3.8, 4) is 5.75 Å². The average molecular weight is 438 g/mol. The summed E-state index contributed by atoms with van der Waals surface area (Å²) in [5.41, 5.74) is 2.15. The van der Waals surface area contributed by atoms with Crippen molar-refractivity contribution in [2.75, 3.05) is 14.2 Å². The van der Waals surface area contributed by atoms with Crippen molar-refractivity contribution in [1.29, 1.82) is 0 Å². The average Bonchev–Trinajstić information content (AvgIpc) is 2.61. The molecule has 1 aliphatic carbocycles. The maximum Gasteiger partial charge on any atom is 0.207 e. The molecule has 1 aromatic rings. The number of carbonyl (C=O) groups excluding carboxylic acids is 2. The highest BCUT2D eigenvalue weighted by Gasteiger charge is 2.40. The molecule has 5 nitrogen and oxygen atoms in total. The summed E-state index contributed by atoms with van der Waals surface area (Å²) in [6.45, 7) is 16.3. The van der Waals surface area contributed by atoms with E-state index in [1.165, 1.54) is 22.9 Å². The monoisotopic (exact) mass is 437 g/mol. The maximum atomic E-state index is 11.3. The first-order chi connectivity index (χ1) is 13.6. The van der Waals surface area contributed by atoms with Crippen molar-refractivity contribution in [1.82, 2.24) is 5.32 Å². The van der Waals surface area contributed by atoms with E-state index in [1.54, 1.807) is 14.2 Å². The summed E-state index contributed by atoms with van der Waals surface area (Å²) in [4.78, 5) is 23.3. The SMILES string of the molecule is COC(C)(C)C.COc1cc2c(cc1SC(C)(C)C=O)C(C)(C)CC(C)(NC=O)C2. The predicted octanol–water partition coefficient (Wildman–Crippen LogP) is 4.92. The Hall–Kier alpha value is -1.53. The molecule has 30 heavy (non-hydrogen) atoms. The van der Waals surface area contributed by atoms with E-state index < -0.39 is 4.75 Å². The molecule has 0 fully saturated rings. The van der Waals surface area contributed by atoms with Gasteiger partial charge in [0.15, 0.2) is 0 Å². The van der Waals surface area contributed by atoms with Crippen LogP contribution in [0, 0.1) is 0 Å². The normalized spacial score (nSPS) is 20.3. The summed E-state index contributed by atoms with van der Waals surface area (Å²) in [5, 5.41) is 2.98. The predicted molar refractivity (Wildman–Crippen MR) is 125 cm³/mol. The fourth-order valence-electron chi connectivity index (χ4n) is 3.72. The molecule has 2 rings (SSSR count). The number of hydrogen-bond acceptors (Lipinski definition) is 5. The molecule has 0 radical (unpaired) electrons. The van der Waals surface area contributed by atoms with E-state index >= 15 is 0 Å². The summed E-state index contributed by atoms with van der Waals surface area (Å²) in [7, 11) is 3.36. The summed E-state index contributed by atoms with van der Waals surface area (Å²) >= 11 is 1.52. The van der Waals surface area contributed by atoms with Crippen LogP contribution in [0.15, 0.2) is 17.0 Å². The van der Waals surface area contributed by atoms with Crippen molar-refractivity contribution in [3.05, 3.63) is 23.3 Å². The minimum Gasteiger partial charge on any atom is -0.496 e. The first kappa shape index (κ1) is 26.5. The third-order valence-corrected chi connectivity index (χ3v) is 6.37. The number of methoxy groups -OCH3 is 2. The summed E-state index contributed by atoms with van der Waals surface area (Å²) in [6.07, 6.45) is 3.38.